The van der Waals surface area contributed by atoms with Gasteiger partial charge in [0.05, 0.1) is 5.56 Å². The van der Waals surface area contributed by atoms with Crippen LogP contribution in [0.3, 0.4) is 0 Å². The Labute approximate surface area is 124 Å². The fraction of sp³-hybridized carbons (Fsp3) is 0.235. The highest BCUT2D eigenvalue weighted by Gasteiger charge is 2.09. The lowest BCUT2D eigenvalue weighted by atomic mass is 10.0. The largest absolute Gasteiger partial charge is 0.456 e. The van der Waals surface area contributed by atoms with Crippen LogP contribution in [-0.2, 0) is 0 Å². The van der Waals surface area contributed by atoms with Crippen LogP contribution < -0.4 is 4.74 Å². The molecular formula is C17H16ClNO. The molecule has 0 unspecified atom stereocenters. The molecular weight excluding hydrogens is 270 g/mol. The molecule has 3 heteroatoms. The Morgan fingerprint density at radius 1 is 1.10 bits per heavy atom. The quantitative estimate of drug-likeness (QED) is 0.752. The van der Waals surface area contributed by atoms with E-state index in [1.54, 1.807) is 18.2 Å². The fourth-order valence-electron chi connectivity index (χ4n) is 1.88. The predicted octanol–water partition coefficient (Wildman–Crippen LogP) is 5.44. The van der Waals surface area contributed by atoms with E-state index in [4.69, 9.17) is 21.6 Å². The zero-order valence-electron chi connectivity index (χ0n) is 11.8. The van der Waals surface area contributed by atoms with E-state index in [0.29, 0.717) is 22.3 Å². The summed E-state index contributed by atoms with van der Waals surface area (Å²) in [5.41, 5.74) is 2.70. The van der Waals surface area contributed by atoms with Gasteiger partial charge in [-0.1, -0.05) is 37.6 Å². The maximum Gasteiger partial charge on any atom is 0.146 e. The second kappa shape index (κ2) is 5.98. The summed E-state index contributed by atoms with van der Waals surface area (Å²) in [6.45, 7) is 6.25. The van der Waals surface area contributed by atoms with Gasteiger partial charge in [-0.25, -0.2) is 0 Å². The number of hydrogen-bond donors (Lipinski definition) is 0. The van der Waals surface area contributed by atoms with Gasteiger partial charge in [0.25, 0.3) is 0 Å². The zero-order valence-corrected chi connectivity index (χ0v) is 12.5. The van der Waals surface area contributed by atoms with Crippen molar-refractivity contribution in [3.8, 4) is 17.6 Å². The summed E-state index contributed by atoms with van der Waals surface area (Å²) < 4.78 is 5.90. The van der Waals surface area contributed by atoms with E-state index in [1.165, 1.54) is 5.56 Å². The smallest absolute Gasteiger partial charge is 0.146 e. The Bertz CT molecular complexity index is 671. The molecule has 0 aromatic heterocycles. The van der Waals surface area contributed by atoms with Crippen molar-refractivity contribution in [3.05, 3.63) is 58.1 Å². The third kappa shape index (κ3) is 3.12. The van der Waals surface area contributed by atoms with Crippen LogP contribution in [0.1, 0.15) is 36.5 Å². The zero-order chi connectivity index (χ0) is 14.7. The number of nitrogens with zero attached hydrogens (tertiary/aromatic N) is 1. The number of nitriles is 1. The van der Waals surface area contributed by atoms with Crippen LogP contribution in [0.25, 0.3) is 0 Å². The molecule has 2 nitrogen and oxygen atoms in total. The molecule has 0 radical (unpaired) electrons. The molecule has 0 aliphatic rings. The van der Waals surface area contributed by atoms with Gasteiger partial charge in [-0.2, -0.15) is 5.26 Å². The van der Waals surface area contributed by atoms with Gasteiger partial charge in [0.2, 0.25) is 0 Å². The van der Waals surface area contributed by atoms with Gasteiger partial charge in [0, 0.05) is 11.1 Å². The summed E-state index contributed by atoms with van der Waals surface area (Å²) in [5.74, 6) is 1.67. The van der Waals surface area contributed by atoms with E-state index in [9.17, 15) is 0 Å². The van der Waals surface area contributed by atoms with Gasteiger partial charge >= 0.3 is 0 Å². The predicted molar refractivity (Wildman–Crippen MR) is 81.5 cm³/mol. The molecule has 0 bridgehead atoms. The molecule has 0 spiro atoms. The summed E-state index contributed by atoms with van der Waals surface area (Å²) in [7, 11) is 0. The van der Waals surface area contributed by atoms with E-state index in [0.717, 1.165) is 11.3 Å². The van der Waals surface area contributed by atoms with Gasteiger partial charge in [-0.3, -0.25) is 0 Å². The van der Waals surface area contributed by atoms with E-state index in [2.05, 4.69) is 26.0 Å². The van der Waals surface area contributed by atoms with Gasteiger partial charge in [0.15, 0.2) is 0 Å². The second-order valence-corrected chi connectivity index (χ2v) is 5.47. The van der Waals surface area contributed by atoms with Crippen molar-refractivity contribution in [1.82, 2.24) is 0 Å². The molecule has 20 heavy (non-hydrogen) atoms. The molecule has 0 aliphatic carbocycles. The van der Waals surface area contributed by atoms with Crippen molar-refractivity contribution in [2.45, 2.75) is 26.7 Å². The maximum atomic E-state index is 9.13. The van der Waals surface area contributed by atoms with Crippen LogP contribution in [-0.4, -0.2) is 0 Å². The number of benzene rings is 2. The first kappa shape index (κ1) is 14.4. The number of rotatable bonds is 3. The van der Waals surface area contributed by atoms with Crippen molar-refractivity contribution >= 4 is 11.6 Å². The van der Waals surface area contributed by atoms with Gasteiger partial charge in [0.1, 0.15) is 17.6 Å². The fourth-order valence-corrected chi connectivity index (χ4v) is 2.04. The van der Waals surface area contributed by atoms with Crippen LogP contribution >= 0.6 is 11.6 Å². The first-order chi connectivity index (χ1) is 9.51. The third-order valence-corrected chi connectivity index (χ3v) is 3.40. The van der Waals surface area contributed by atoms with Crippen molar-refractivity contribution in [3.63, 3.8) is 0 Å². The number of ether oxygens (including phenoxy) is 1. The molecule has 2 rings (SSSR count). The summed E-state index contributed by atoms with van der Waals surface area (Å²) >= 11 is 5.97. The van der Waals surface area contributed by atoms with Gasteiger partial charge < -0.3 is 4.74 Å². The van der Waals surface area contributed by atoms with E-state index in [-0.39, 0.29) is 0 Å². The van der Waals surface area contributed by atoms with Gasteiger partial charge in [-0.15, -0.1) is 0 Å². The number of halogens is 1. The molecule has 0 saturated heterocycles. The van der Waals surface area contributed by atoms with Crippen molar-refractivity contribution in [2.24, 2.45) is 0 Å². The highest BCUT2D eigenvalue weighted by Crippen LogP contribution is 2.32. The van der Waals surface area contributed by atoms with E-state index >= 15 is 0 Å². The molecule has 102 valence electrons. The van der Waals surface area contributed by atoms with Crippen molar-refractivity contribution in [1.29, 1.82) is 5.26 Å². The first-order valence-electron chi connectivity index (χ1n) is 6.49. The van der Waals surface area contributed by atoms with E-state index < -0.39 is 0 Å². The number of hydrogen-bond acceptors (Lipinski definition) is 2. The highest BCUT2D eigenvalue weighted by molar-refractivity contribution is 6.30. The normalized spacial score (nSPS) is 10.4. The molecule has 0 saturated carbocycles. The molecule has 0 aliphatic heterocycles. The summed E-state index contributed by atoms with van der Waals surface area (Å²) in [5, 5.41) is 9.68. The Morgan fingerprint density at radius 2 is 1.85 bits per heavy atom. The van der Waals surface area contributed by atoms with Crippen LogP contribution in [0.15, 0.2) is 36.4 Å². The topological polar surface area (TPSA) is 33.0 Å². The highest BCUT2D eigenvalue weighted by atomic mass is 35.5. The maximum absolute atomic E-state index is 9.13. The summed E-state index contributed by atoms with van der Waals surface area (Å²) in [4.78, 5) is 0. The lowest BCUT2D eigenvalue weighted by molar-refractivity contribution is 0.476. The SMILES string of the molecule is Cc1ccc(C(C)C)cc1Oc1cc(Cl)ccc1C#N. The lowest BCUT2D eigenvalue weighted by Gasteiger charge is -2.13. The third-order valence-electron chi connectivity index (χ3n) is 3.16. The number of aryl methyl sites for hydroxylation is 1. The molecule has 0 heterocycles. The van der Waals surface area contributed by atoms with Crippen LogP contribution in [0.4, 0.5) is 0 Å². The molecule has 0 atom stereocenters. The Kier molecular flexibility index (Phi) is 4.32. The Morgan fingerprint density at radius 3 is 2.50 bits per heavy atom. The minimum atomic E-state index is 0.424. The molecule has 2 aromatic rings. The molecule has 0 fully saturated rings. The second-order valence-electron chi connectivity index (χ2n) is 5.03. The lowest BCUT2D eigenvalue weighted by Crippen LogP contribution is -1.94. The van der Waals surface area contributed by atoms with Crippen molar-refractivity contribution in [2.75, 3.05) is 0 Å². The van der Waals surface area contributed by atoms with Crippen molar-refractivity contribution < 1.29 is 4.74 Å². The van der Waals surface area contributed by atoms with Crippen LogP contribution in [0.5, 0.6) is 11.5 Å². The summed E-state index contributed by atoms with van der Waals surface area (Å²) in [6.07, 6.45) is 0. The Balaban J connectivity index is 2.42. The minimum Gasteiger partial charge on any atom is -0.456 e. The molecule has 0 amide bonds. The average molecular weight is 286 g/mol. The monoisotopic (exact) mass is 285 g/mol. The summed E-state index contributed by atoms with van der Waals surface area (Å²) in [6, 6.07) is 13.3. The standard InChI is InChI=1S/C17H16ClNO/c1-11(2)13-5-4-12(3)16(8-13)20-17-9-15(18)7-6-14(17)10-19/h4-9,11H,1-3H3. The molecule has 2 aromatic carbocycles. The first-order valence-corrected chi connectivity index (χ1v) is 6.87. The van der Waals surface area contributed by atoms with Crippen LogP contribution in [0.2, 0.25) is 5.02 Å². The van der Waals surface area contributed by atoms with E-state index in [1.807, 2.05) is 19.1 Å². The average Bonchev–Trinajstić information content (AvgIpc) is 2.41. The minimum absolute atomic E-state index is 0.424. The van der Waals surface area contributed by atoms with Gasteiger partial charge in [-0.05, 0) is 42.2 Å². The molecule has 0 N–H and O–H groups in total. The Hall–Kier alpha value is -1.98. The van der Waals surface area contributed by atoms with Crippen LogP contribution in [0, 0.1) is 18.3 Å².